The number of Topliss-reactive ketones (excluding diaryl/α,β-unsaturated/α-hetero) is 1. The van der Waals surface area contributed by atoms with E-state index in [1.165, 1.54) is 11.3 Å². The molecule has 1 aliphatic heterocycles. The van der Waals surface area contributed by atoms with Gasteiger partial charge in [-0.25, -0.2) is 4.98 Å². The molecule has 0 amide bonds. The average Bonchev–Trinajstić information content (AvgIpc) is 2.71. The zero-order chi connectivity index (χ0) is 11.5. The summed E-state index contributed by atoms with van der Waals surface area (Å²) in [7, 11) is 0. The molecular formula is C11H16N2O2S. The molecule has 16 heavy (non-hydrogen) atoms. The molecule has 0 unspecified atom stereocenters. The summed E-state index contributed by atoms with van der Waals surface area (Å²) in [6, 6.07) is 0. The Morgan fingerprint density at radius 3 is 2.81 bits per heavy atom. The number of nitrogens with zero attached hydrogens (tertiary/aromatic N) is 2. The lowest BCUT2D eigenvalue weighted by Gasteiger charge is -2.25. The molecule has 0 N–H and O–H groups in total. The van der Waals surface area contributed by atoms with E-state index in [-0.39, 0.29) is 5.78 Å². The van der Waals surface area contributed by atoms with Crippen LogP contribution in [-0.2, 0) is 4.74 Å². The second-order valence-electron chi connectivity index (χ2n) is 3.79. The lowest BCUT2D eigenvalue weighted by atomic mass is 10.2. The van der Waals surface area contributed by atoms with Crippen molar-refractivity contribution < 1.29 is 9.53 Å². The Bertz CT molecular complexity index is 383. The Morgan fingerprint density at radius 2 is 2.19 bits per heavy atom. The van der Waals surface area contributed by atoms with E-state index in [9.17, 15) is 4.79 Å². The van der Waals surface area contributed by atoms with E-state index < -0.39 is 0 Å². The molecule has 1 aromatic rings. The molecule has 1 saturated heterocycles. The van der Waals surface area contributed by atoms with Crippen molar-refractivity contribution in [3.8, 4) is 0 Å². The van der Waals surface area contributed by atoms with Crippen LogP contribution < -0.4 is 4.90 Å². The first-order valence-electron chi connectivity index (χ1n) is 5.55. The zero-order valence-electron chi connectivity index (χ0n) is 9.65. The molecule has 88 valence electrons. The second kappa shape index (κ2) is 4.93. The highest BCUT2D eigenvalue weighted by atomic mass is 32.1. The molecule has 0 spiro atoms. The van der Waals surface area contributed by atoms with Crippen molar-refractivity contribution in [3.05, 3.63) is 10.6 Å². The predicted octanol–water partition coefficient (Wildman–Crippen LogP) is 1.88. The van der Waals surface area contributed by atoms with Crippen LogP contribution in [0.15, 0.2) is 0 Å². The van der Waals surface area contributed by atoms with Crippen molar-refractivity contribution in [1.29, 1.82) is 0 Å². The van der Waals surface area contributed by atoms with Crippen LogP contribution in [0.5, 0.6) is 0 Å². The summed E-state index contributed by atoms with van der Waals surface area (Å²) < 4.78 is 5.30. The summed E-state index contributed by atoms with van der Waals surface area (Å²) in [6.07, 6.45) is 0.547. The summed E-state index contributed by atoms with van der Waals surface area (Å²) in [5.41, 5.74) is 0.860. The number of aryl methyl sites for hydroxylation is 1. The fourth-order valence-corrected chi connectivity index (χ4v) is 2.82. The largest absolute Gasteiger partial charge is 0.378 e. The molecular weight excluding hydrogens is 224 g/mol. The smallest absolute Gasteiger partial charge is 0.186 e. The van der Waals surface area contributed by atoms with Crippen LogP contribution in [0.4, 0.5) is 5.13 Å². The normalized spacial score (nSPS) is 16.5. The predicted molar refractivity (Wildman–Crippen MR) is 64.5 cm³/mol. The zero-order valence-corrected chi connectivity index (χ0v) is 10.5. The van der Waals surface area contributed by atoms with Crippen LogP contribution in [0.3, 0.4) is 0 Å². The van der Waals surface area contributed by atoms with Crippen molar-refractivity contribution >= 4 is 22.3 Å². The SMILES string of the molecule is CCC(=O)c1sc(N2CCOCC2)nc1C. The van der Waals surface area contributed by atoms with Gasteiger partial charge in [0.1, 0.15) is 0 Å². The minimum Gasteiger partial charge on any atom is -0.378 e. The first kappa shape index (κ1) is 11.5. The maximum absolute atomic E-state index is 11.7. The van der Waals surface area contributed by atoms with Gasteiger partial charge < -0.3 is 9.64 Å². The van der Waals surface area contributed by atoms with Crippen molar-refractivity contribution in [2.75, 3.05) is 31.2 Å². The van der Waals surface area contributed by atoms with E-state index in [1.54, 1.807) is 0 Å². The van der Waals surface area contributed by atoms with Gasteiger partial charge in [0.05, 0.1) is 23.8 Å². The lowest BCUT2D eigenvalue weighted by molar-refractivity contribution is 0.0991. The Hall–Kier alpha value is -0.940. The average molecular weight is 240 g/mol. The van der Waals surface area contributed by atoms with E-state index >= 15 is 0 Å². The highest BCUT2D eigenvalue weighted by molar-refractivity contribution is 7.17. The summed E-state index contributed by atoms with van der Waals surface area (Å²) >= 11 is 1.51. The fraction of sp³-hybridized carbons (Fsp3) is 0.636. The van der Waals surface area contributed by atoms with Gasteiger partial charge in [-0.2, -0.15) is 0 Å². The third kappa shape index (κ3) is 2.25. The Labute approximate surface area is 99.2 Å². The van der Waals surface area contributed by atoms with E-state index in [0.29, 0.717) is 6.42 Å². The summed E-state index contributed by atoms with van der Waals surface area (Å²) in [4.78, 5) is 19.1. The molecule has 5 heteroatoms. The van der Waals surface area contributed by atoms with Gasteiger partial charge in [-0.15, -0.1) is 0 Å². The highest BCUT2D eigenvalue weighted by Crippen LogP contribution is 2.27. The first-order valence-corrected chi connectivity index (χ1v) is 6.37. The number of ether oxygens (including phenoxy) is 1. The molecule has 1 aromatic heterocycles. The Kier molecular flexibility index (Phi) is 3.56. The van der Waals surface area contributed by atoms with Gasteiger partial charge in [0.25, 0.3) is 0 Å². The standard InChI is InChI=1S/C11H16N2O2S/c1-3-9(14)10-8(2)12-11(16-10)13-4-6-15-7-5-13/h3-7H2,1-2H3. The number of rotatable bonds is 3. The minimum absolute atomic E-state index is 0.189. The number of aromatic nitrogens is 1. The number of morpholine rings is 1. The monoisotopic (exact) mass is 240 g/mol. The maximum Gasteiger partial charge on any atom is 0.186 e. The molecule has 0 atom stereocenters. The van der Waals surface area contributed by atoms with Gasteiger partial charge in [0, 0.05) is 19.5 Å². The van der Waals surface area contributed by atoms with Gasteiger partial charge in [0.2, 0.25) is 0 Å². The third-order valence-electron chi connectivity index (χ3n) is 2.64. The Morgan fingerprint density at radius 1 is 1.50 bits per heavy atom. The number of hydrogen-bond donors (Lipinski definition) is 0. The van der Waals surface area contributed by atoms with Crippen LogP contribution >= 0.6 is 11.3 Å². The van der Waals surface area contributed by atoms with Crippen molar-refractivity contribution in [1.82, 2.24) is 4.98 Å². The molecule has 1 aliphatic rings. The summed E-state index contributed by atoms with van der Waals surface area (Å²) in [6.45, 7) is 7.02. The number of anilines is 1. The third-order valence-corrected chi connectivity index (χ3v) is 3.90. The van der Waals surface area contributed by atoms with Crippen molar-refractivity contribution in [3.63, 3.8) is 0 Å². The van der Waals surface area contributed by atoms with Crippen LogP contribution in [-0.4, -0.2) is 37.1 Å². The van der Waals surface area contributed by atoms with Crippen LogP contribution in [0, 0.1) is 6.92 Å². The molecule has 4 nitrogen and oxygen atoms in total. The molecule has 2 heterocycles. The number of carbonyl (C=O) groups is 1. The Balaban J connectivity index is 2.19. The van der Waals surface area contributed by atoms with Gasteiger partial charge in [0.15, 0.2) is 10.9 Å². The molecule has 1 fully saturated rings. The molecule has 0 saturated carbocycles. The fourth-order valence-electron chi connectivity index (χ4n) is 1.69. The van der Waals surface area contributed by atoms with Gasteiger partial charge in [-0.05, 0) is 6.92 Å². The van der Waals surface area contributed by atoms with Gasteiger partial charge in [-0.3, -0.25) is 4.79 Å². The molecule has 0 aliphatic carbocycles. The van der Waals surface area contributed by atoms with Crippen LogP contribution in [0.2, 0.25) is 0 Å². The molecule has 0 bridgehead atoms. The molecule has 0 radical (unpaired) electrons. The lowest BCUT2D eigenvalue weighted by Crippen LogP contribution is -2.36. The molecule has 2 rings (SSSR count). The maximum atomic E-state index is 11.7. The number of thiazole rings is 1. The first-order chi connectivity index (χ1) is 7.72. The van der Waals surface area contributed by atoms with Crippen molar-refractivity contribution in [2.24, 2.45) is 0 Å². The highest BCUT2D eigenvalue weighted by Gasteiger charge is 2.19. The number of hydrogen-bond acceptors (Lipinski definition) is 5. The van der Waals surface area contributed by atoms with E-state index in [1.807, 2.05) is 13.8 Å². The van der Waals surface area contributed by atoms with Crippen LogP contribution in [0.1, 0.15) is 28.7 Å². The van der Waals surface area contributed by atoms with Gasteiger partial charge >= 0.3 is 0 Å². The quantitative estimate of drug-likeness (QED) is 0.757. The van der Waals surface area contributed by atoms with Gasteiger partial charge in [-0.1, -0.05) is 18.3 Å². The minimum atomic E-state index is 0.189. The summed E-state index contributed by atoms with van der Waals surface area (Å²) in [5.74, 6) is 0.189. The number of ketones is 1. The van der Waals surface area contributed by atoms with Crippen molar-refractivity contribution in [2.45, 2.75) is 20.3 Å². The van der Waals surface area contributed by atoms with E-state index in [2.05, 4.69) is 9.88 Å². The summed E-state index contributed by atoms with van der Waals surface area (Å²) in [5, 5.41) is 0.956. The second-order valence-corrected chi connectivity index (χ2v) is 4.76. The van der Waals surface area contributed by atoms with Crippen LogP contribution in [0.25, 0.3) is 0 Å². The van der Waals surface area contributed by atoms with E-state index in [0.717, 1.165) is 42.0 Å². The topological polar surface area (TPSA) is 42.4 Å². The number of carbonyl (C=O) groups excluding carboxylic acids is 1. The van der Waals surface area contributed by atoms with E-state index in [4.69, 9.17) is 4.74 Å². The molecule has 0 aromatic carbocycles.